The van der Waals surface area contributed by atoms with Crippen molar-refractivity contribution in [1.29, 1.82) is 0 Å². The Balaban J connectivity index is 2.23. The fraction of sp³-hybridized carbons (Fsp3) is 0.273. The lowest BCUT2D eigenvalue weighted by molar-refractivity contribution is 0.329. The summed E-state index contributed by atoms with van der Waals surface area (Å²) < 4.78 is 4.92. The van der Waals surface area contributed by atoms with Crippen molar-refractivity contribution in [3.63, 3.8) is 0 Å². The second-order valence-electron chi connectivity index (χ2n) is 2.92. The van der Waals surface area contributed by atoms with Gasteiger partial charge in [-0.3, -0.25) is 0 Å². The molecule has 2 nitrogen and oxygen atoms in total. The average Bonchev–Trinajstić information content (AvgIpc) is 2.64. The molecule has 0 bridgehead atoms. The maximum absolute atomic E-state index is 8.67. The van der Waals surface area contributed by atoms with Crippen LogP contribution in [0.1, 0.15) is 12.0 Å². The molecular weight excluding hydrogens is 164 g/mol. The Labute approximate surface area is 78.2 Å². The van der Waals surface area contributed by atoms with E-state index < -0.39 is 0 Å². The van der Waals surface area contributed by atoms with Gasteiger partial charge < -0.3 is 9.52 Å². The van der Waals surface area contributed by atoms with Gasteiger partial charge in [0.1, 0.15) is 0 Å². The second-order valence-corrected chi connectivity index (χ2v) is 2.92. The van der Waals surface area contributed by atoms with Crippen LogP contribution >= 0.6 is 0 Å². The van der Waals surface area contributed by atoms with E-state index in [1.54, 1.807) is 12.5 Å². The number of hydrogen-bond acceptors (Lipinski definition) is 2. The maximum Gasteiger partial charge on any atom is 0.0937 e. The Morgan fingerprint density at radius 1 is 1.54 bits per heavy atom. The van der Waals surface area contributed by atoms with Crippen LogP contribution in [0.3, 0.4) is 0 Å². The quantitative estimate of drug-likeness (QED) is 0.702. The number of aliphatic hydroxyl groups is 1. The first-order valence-corrected chi connectivity index (χ1v) is 4.26. The summed E-state index contributed by atoms with van der Waals surface area (Å²) in [6.07, 6.45) is 9.06. The molecule has 0 atom stereocenters. The van der Waals surface area contributed by atoms with E-state index in [1.807, 2.05) is 18.2 Å². The first-order valence-electron chi connectivity index (χ1n) is 4.26. The molecule has 0 aliphatic carbocycles. The molecule has 0 aromatic carbocycles. The van der Waals surface area contributed by atoms with Crippen LogP contribution in [-0.4, -0.2) is 11.7 Å². The topological polar surface area (TPSA) is 33.4 Å². The number of hydrogen-bond donors (Lipinski definition) is 1. The molecule has 2 heteroatoms. The molecule has 70 valence electrons. The molecule has 0 spiro atoms. The van der Waals surface area contributed by atoms with Gasteiger partial charge in [0.05, 0.1) is 19.1 Å². The van der Waals surface area contributed by atoms with Crippen LogP contribution in [-0.2, 0) is 6.42 Å². The van der Waals surface area contributed by atoms with E-state index in [9.17, 15) is 0 Å². The summed E-state index contributed by atoms with van der Waals surface area (Å²) >= 11 is 0. The van der Waals surface area contributed by atoms with Crippen LogP contribution in [0.5, 0.6) is 0 Å². The van der Waals surface area contributed by atoms with E-state index in [2.05, 4.69) is 6.58 Å². The van der Waals surface area contributed by atoms with Crippen LogP contribution in [0.2, 0.25) is 0 Å². The molecule has 0 saturated carbocycles. The molecule has 1 rings (SSSR count). The lowest BCUT2D eigenvalue weighted by Gasteiger charge is -1.93. The van der Waals surface area contributed by atoms with Crippen molar-refractivity contribution in [2.75, 3.05) is 6.61 Å². The predicted octanol–water partition coefficient (Wildman–Crippen LogP) is 2.32. The first-order chi connectivity index (χ1) is 6.33. The molecule has 1 N–H and O–H groups in total. The van der Waals surface area contributed by atoms with Gasteiger partial charge in [0.15, 0.2) is 0 Å². The third kappa shape index (κ3) is 3.76. The minimum absolute atomic E-state index is 0.0655. The summed E-state index contributed by atoms with van der Waals surface area (Å²) in [5.74, 6) is 0. The highest BCUT2D eigenvalue weighted by atomic mass is 16.3. The fourth-order valence-electron chi connectivity index (χ4n) is 0.943. The number of rotatable bonds is 5. The van der Waals surface area contributed by atoms with Crippen molar-refractivity contribution in [3.05, 3.63) is 48.5 Å². The Hall–Kier alpha value is -1.28. The third-order valence-electron chi connectivity index (χ3n) is 1.73. The molecule has 1 heterocycles. The summed E-state index contributed by atoms with van der Waals surface area (Å²) in [5, 5.41) is 8.67. The van der Waals surface area contributed by atoms with Gasteiger partial charge in [0, 0.05) is 0 Å². The van der Waals surface area contributed by atoms with Crippen molar-refractivity contribution >= 4 is 0 Å². The Bertz CT molecular complexity index is 270. The van der Waals surface area contributed by atoms with Crippen molar-refractivity contribution in [2.24, 2.45) is 0 Å². The lowest BCUT2D eigenvalue weighted by atomic mass is 10.2. The molecule has 13 heavy (non-hydrogen) atoms. The van der Waals surface area contributed by atoms with Gasteiger partial charge in [-0.1, -0.05) is 18.7 Å². The second kappa shape index (κ2) is 5.38. The summed E-state index contributed by atoms with van der Waals surface area (Å²) in [6, 6.07) is 1.94. The van der Waals surface area contributed by atoms with Crippen LogP contribution in [0, 0.1) is 0 Å². The Morgan fingerprint density at radius 3 is 3.00 bits per heavy atom. The normalized spacial score (nSPS) is 10.8. The van der Waals surface area contributed by atoms with Gasteiger partial charge in [0.25, 0.3) is 0 Å². The van der Waals surface area contributed by atoms with E-state index in [4.69, 9.17) is 9.52 Å². The standard InChI is InChI=1S/C11H14O2/c1-10(8-12)4-2-3-5-11-6-7-13-9-11/h2-3,6-7,9,12H,1,4-5,8H2/b3-2+. The van der Waals surface area contributed by atoms with Gasteiger partial charge in [0.2, 0.25) is 0 Å². The fourth-order valence-corrected chi connectivity index (χ4v) is 0.943. The number of allylic oxidation sites excluding steroid dienone is 2. The maximum atomic E-state index is 8.67. The van der Waals surface area contributed by atoms with Crippen LogP contribution in [0.15, 0.2) is 47.3 Å². The highest BCUT2D eigenvalue weighted by Crippen LogP contribution is 2.03. The molecule has 0 fully saturated rings. The molecule has 0 radical (unpaired) electrons. The first kappa shape index (κ1) is 9.81. The zero-order chi connectivity index (χ0) is 9.52. The number of aliphatic hydroxyl groups excluding tert-OH is 1. The van der Waals surface area contributed by atoms with Gasteiger partial charge in [-0.2, -0.15) is 0 Å². The van der Waals surface area contributed by atoms with Gasteiger partial charge in [-0.25, -0.2) is 0 Å². The molecule has 1 aromatic heterocycles. The minimum Gasteiger partial charge on any atom is -0.472 e. The van der Waals surface area contributed by atoms with Crippen molar-refractivity contribution in [3.8, 4) is 0 Å². The monoisotopic (exact) mass is 178 g/mol. The van der Waals surface area contributed by atoms with E-state index >= 15 is 0 Å². The van der Waals surface area contributed by atoms with Crippen molar-refractivity contribution < 1.29 is 9.52 Å². The Kier molecular flexibility index (Phi) is 4.06. The third-order valence-corrected chi connectivity index (χ3v) is 1.73. The smallest absolute Gasteiger partial charge is 0.0937 e. The molecule has 0 amide bonds. The number of furan rings is 1. The van der Waals surface area contributed by atoms with E-state index in [0.717, 1.165) is 24.0 Å². The average molecular weight is 178 g/mol. The molecule has 0 unspecified atom stereocenters. The minimum atomic E-state index is 0.0655. The molecule has 0 aliphatic heterocycles. The highest BCUT2D eigenvalue weighted by molar-refractivity contribution is 5.11. The van der Waals surface area contributed by atoms with Gasteiger partial charge >= 0.3 is 0 Å². The Morgan fingerprint density at radius 2 is 2.38 bits per heavy atom. The largest absolute Gasteiger partial charge is 0.472 e. The summed E-state index contributed by atoms with van der Waals surface area (Å²) in [4.78, 5) is 0. The predicted molar refractivity (Wildman–Crippen MR) is 52.4 cm³/mol. The van der Waals surface area contributed by atoms with Gasteiger partial charge in [-0.15, -0.1) is 0 Å². The molecule has 0 saturated heterocycles. The molecular formula is C11H14O2. The summed E-state index contributed by atoms with van der Waals surface area (Å²) in [6.45, 7) is 3.75. The lowest BCUT2D eigenvalue weighted by Crippen LogP contribution is -1.85. The highest BCUT2D eigenvalue weighted by Gasteiger charge is 1.89. The summed E-state index contributed by atoms with van der Waals surface area (Å²) in [7, 11) is 0. The SMILES string of the molecule is C=C(CO)C/C=C/Cc1ccoc1. The zero-order valence-electron chi connectivity index (χ0n) is 7.57. The van der Waals surface area contributed by atoms with Crippen molar-refractivity contribution in [2.45, 2.75) is 12.8 Å². The summed E-state index contributed by atoms with van der Waals surface area (Å²) in [5.41, 5.74) is 1.99. The van der Waals surface area contributed by atoms with Gasteiger partial charge in [-0.05, 0) is 30.0 Å². The van der Waals surface area contributed by atoms with E-state index in [1.165, 1.54) is 0 Å². The van der Waals surface area contributed by atoms with E-state index in [0.29, 0.717) is 0 Å². The van der Waals surface area contributed by atoms with Crippen LogP contribution < -0.4 is 0 Å². The van der Waals surface area contributed by atoms with Crippen LogP contribution in [0.25, 0.3) is 0 Å². The van der Waals surface area contributed by atoms with Crippen molar-refractivity contribution in [1.82, 2.24) is 0 Å². The molecule has 1 aromatic rings. The van der Waals surface area contributed by atoms with E-state index in [-0.39, 0.29) is 6.61 Å². The zero-order valence-corrected chi connectivity index (χ0v) is 7.57. The van der Waals surface area contributed by atoms with Crippen LogP contribution in [0.4, 0.5) is 0 Å². The molecule has 0 aliphatic rings.